The number of halogens is 26. The Bertz CT molecular complexity index is 1480. The van der Waals surface area contributed by atoms with Gasteiger partial charge < -0.3 is 9.47 Å². The van der Waals surface area contributed by atoms with Crippen molar-refractivity contribution in [3.63, 3.8) is 0 Å². The number of ether oxygens (including phenoxy) is 2. The number of sulfone groups is 1. The third kappa shape index (κ3) is 6.70. The van der Waals surface area contributed by atoms with Gasteiger partial charge in [0, 0.05) is 6.42 Å². The van der Waals surface area contributed by atoms with Crippen molar-refractivity contribution in [3.05, 3.63) is 0 Å². The fraction of sp³-hybridized carbons (Fsp3) is 0.905. The smallest absolute Gasteiger partial charge is 0.460 e. The van der Waals surface area contributed by atoms with E-state index >= 15 is 0 Å². The monoisotopic (exact) mass is 888 g/mol. The zero-order valence-electron chi connectivity index (χ0n) is 25.0. The van der Waals surface area contributed by atoms with Crippen LogP contribution in [0.3, 0.4) is 0 Å². The fourth-order valence-electron chi connectivity index (χ4n) is 3.57. The molecule has 33 heteroatoms. The van der Waals surface area contributed by atoms with E-state index in [-0.39, 0.29) is 13.8 Å². The second-order valence-electron chi connectivity index (χ2n) is 10.1. The summed E-state index contributed by atoms with van der Waals surface area (Å²) in [6.07, 6.45) is -24.6. The highest BCUT2D eigenvalue weighted by molar-refractivity contribution is 7.95. The lowest BCUT2D eigenvalue weighted by atomic mass is 9.89. The van der Waals surface area contributed by atoms with Crippen LogP contribution >= 0.6 is 0 Å². The lowest BCUT2D eigenvalue weighted by molar-refractivity contribution is -0.440. The van der Waals surface area contributed by atoms with E-state index in [9.17, 15) is 132 Å². The van der Waals surface area contributed by atoms with Crippen LogP contribution in [0.25, 0.3) is 0 Å². The van der Waals surface area contributed by atoms with Gasteiger partial charge in [-0.25, -0.2) is 18.0 Å². The van der Waals surface area contributed by atoms with Crippen molar-refractivity contribution in [2.45, 2.75) is 102 Å². The van der Waals surface area contributed by atoms with Crippen LogP contribution in [0.1, 0.15) is 26.7 Å². The largest absolute Gasteiger partial charge is 0.464 e. The van der Waals surface area contributed by atoms with E-state index in [0.717, 1.165) is 0 Å². The summed E-state index contributed by atoms with van der Waals surface area (Å²) in [5, 5.41) is -8.79. The first kappa shape index (κ1) is 51.1. The predicted octanol–water partition coefficient (Wildman–Crippen LogP) is 8.48. The average molecular weight is 888 g/mol. The molecule has 0 aromatic heterocycles. The highest BCUT2D eigenvalue weighted by Crippen LogP contribution is 2.64. The molecule has 54 heavy (non-hydrogen) atoms. The second-order valence-corrected chi connectivity index (χ2v) is 12.3. The Morgan fingerprint density at radius 2 is 0.667 bits per heavy atom. The summed E-state index contributed by atoms with van der Waals surface area (Å²) in [4.78, 5) is 25.0. The number of hydrogen-bond donors (Lipinski definition) is 0. The van der Waals surface area contributed by atoms with Gasteiger partial charge in [0.25, 0.3) is 4.75 Å². The average Bonchev–Trinajstić information content (AvgIpc) is 2.95. The molecule has 0 N–H and O–H groups in total. The topological polar surface area (TPSA) is 86.7 Å². The first-order chi connectivity index (χ1) is 23.2. The van der Waals surface area contributed by atoms with Crippen LogP contribution in [-0.2, 0) is 28.9 Å². The van der Waals surface area contributed by atoms with Crippen molar-refractivity contribution in [1.82, 2.24) is 0 Å². The molecule has 0 bridgehead atoms. The Morgan fingerprint density at radius 3 is 0.926 bits per heavy atom. The molecule has 322 valence electrons. The second kappa shape index (κ2) is 13.9. The van der Waals surface area contributed by atoms with Gasteiger partial charge in [0.05, 0.1) is 13.2 Å². The lowest BCUT2D eigenvalue weighted by Gasteiger charge is -2.42. The molecule has 0 aliphatic rings. The first-order valence-corrected chi connectivity index (χ1v) is 14.2. The number of esters is 2. The number of rotatable bonds is 17. The van der Waals surface area contributed by atoms with Gasteiger partial charge in [-0.3, -0.25) is 0 Å². The maximum atomic E-state index is 15.0. The van der Waals surface area contributed by atoms with Gasteiger partial charge in [-0.2, -0.15) is 114 Å². The first-order valence-electron chi connectivity index (χ1n) is 12.7. The Hall–Kier alpha value is -2.93. The van der Waals surface area contributed by atoms with Gasteiger partial charge >= 0.3 is 82.8 Å². The summed E-state index contributed by atoms with van der Waals surface area (Å²) in [6.45, 7) is -2.92. The minimum atomic E-state index is -9.32. The van der Waals surface area contributed by atoms with Gasteiger partial charge in [0.2, 0.25) is 9.84 Å². The Morgan fingerprint density at radius 1 is 0.407 bits per heavy atom. The summed E-state index contributed by atoms with van der Waals surface area (Å²) < 4.78 is 380. The molecule has 0 radical (unpaired) electrons. The van der Waals surface area contributed by atoms with E-state index in [0.29, 0.717) is 0 Å². The minimum Gasteiger partial charge on any atom is -0.464 e. The zero-order valence-corrected chi connectivity index (χ0v) is 25.8. The normalized spacial score (nSPS) is 16.0. The number of carbonyl (C=O) groups excluding carboxylic acids is 2. The van der Waals surface area contributed by atoms with Crippen molar-refractivity contribution < 1.29 is 142 Å². The minimum absolute atomic E-state index is 0.285. The van der Waals surface area contributed by atoms with Crippen LogP contribution in [0.15, 0.2) is 0 Å². The number of carbonyl (C=O) groups is 2. The van der Waals surface area contributed by atoms with E-state index in [4.69, 9.17) is 0 Å². The molecule has 0 fully saturated rings. The van der Waals surface area contributed by atoms with E-state index < -0.39 is 123 Å². The van der Waals surface area contributed by atoms with E-state index in [2.05, 4.69) is 9.47 Å². The summed E-state index contributed by atoms with van der Waals surface area (Å²) in [5.41, 5.74) is 0. The highest BCUT2D eigenvalue weighted by Gasteiger charge is 2.94. The van der Waals surface area contributed by atoms with Gasteiger partial charge in [-0.1, -0.05) is 0 Å². The van der Waals surface area contributed by atoms with Crippen LogP contribution < -0.4 is 0 Å². The molecule has 0 aliphatic carbocycles. The van der Waals surface area contributed by atoms with Gasteiger partial charge in [0.1, 0.15) is 0 Å². The quantitative estimate of drug-likeness (QED) is 0.0828. The van der Waals surface area contributed by atoms with Gasteiger partial charge in [-0.15, -0.1) is 0 Å². The molecule has 0 spiro atoms. The maximum Gasteiger partial charge on any atom is 0.460 e. The summed E-state index contributed by atoms with van der Waals surface area (Å²) in [5.74, 6) is -85.7. The standard InChI is InChI=1S/C21H14F26O6S/c1-3-52-7(48)9(8(49)53-4-2,5-6-10(22,23)11(24,25)12(26,27)13(28,29)16(34,35)19(40,41)42)54(50,51)21(46,47)18(38,39)15(32,33)14(30,31)17(36,37)20(43,44)45/h3-6H2,1-2H3. The molecule has 0 saturated heterocycles. The summed E-state index contributed by atoms with van der Waals surface area (Å²) in [6, 6.07) is 0. The van der Waals surface area contributed by atoms with Crippen LogP contribution in [0.5, 0.6) is 0 Å². The van der Waals surface area contributed by atoms with Crippen LogP contribution in [0.2, 0.25) is 0 Å². The summed E-state index contributed by atoms with van der Waals surface area (Å²) >= 11 is 0. The molecular weight excluding hydrogens is 874 g/mol. The van der Waals surface area contributed by atoms with Crippen molar-refractivity contribution >= 4 is 21.8 Å². The molecule has 0 unspecified atom stereocenters. The van der Waals surface area contributed by atoms with Crippen molar-refractivity contribution in [2.24, 2.45) is 0 Å². The molecule has 0 heterocycles. The summed E-state index contributed by atoms with van der Waals surface area (Å²) in [7, 11) is -9.32. The molecule has 0 saturated carbocycles. The third-order valence-corrected chi connectivity index (χ3v) is 9.09. The predicted molar refractivity (Wildman–Crippen MR) is 116 cm³/mol. The van der Waals surface area contributed by atoms with Crippen LogP contribution in [0.4, 0.5) is 114 Å². The van der Waals surface area contributed by atoms with E-state index in [1.807, 2.05) is 0 Å². The van der Waals surface area contributed by atoms with Gasteiger partial charge in [0.15, 0.2) is 0 Å². The van der Waals surface area contributed by atoms with Crippen molar-refractivity contribution in [1.29, 1.82) is 0 Å². The Labute approximate surface area is 280 Å². The molecule has 0 aromatic rings. The molecule has 0 aliphatic heterocycles. The lowest BCUT2D eigenvalue weighted by Crippen LogP contribution is -2.73. The Balaban J connectivity index is 8.10. The molecular formula is C21H14F26O6S. The third-order valence-electron chi connectivity index (χ3n) is 6.70. The molecule has 6 nitrogen and oxygen atoms in total. The molecule has 0 atom stereocenters. The SMILES string of the molecule is CCOC(=O)C(CCC(F)(F)C(F)(F)C(F)(F)C(F)(F)C(F)(F)C(F)(F)F)(C(=O)OCC)S(=O)(=O)C(F)(F)C(F)(F)C(F)(F)C(F)(F)C(F)(F)C(F)(F)F. The molecule has 0 rings (SSSR count). The van der Waals surface area contributed by atoms with Gasteiger partial charge in [-0.05, 0) is 20.3 Å². The van der Waals surface area contributed by atoms with E-state index in [1.165, 1.54) is 0 Å². The van der Waals surface area contributed by atoms with Crippen molar-refractivity contribution in [3.8, 4) is 0 Å². The molecule has 0 aromatic carbocycles. The Kier molecular flexibility index (Phi) is 13.2. The maximum absolute atomic E-state index is 15.0. The molecule has 0 amide bonds. The highest BCUT2D eigenvalue weighted by atomic mass is 32.2. The van der Waals surface area contributed by atoms with Crippen molar-refractivity contribution in [2.75, 3.05) is 13.2 Å². The number of alkyl halides is 26. The zero-order chi connectivity index (χ0) is 44.4. The van der Waals surface area contributed by atoms with E-state index in [1.54, 1.807) is 0 Å². The number of hydrogen-bond acceptors (Lipinski definition) is 6. The van der Waals surface area contributed by atoms with Crippen LogP contribution in [-0.4, -0.2) is 109 Å². The fourth-order valence-corrected chi connectivity index (χ4v) is 5.40. The van der Waals surface area contributed by atoms with Crippen LogP contribution in [0, 0.1) is 0 Å².